The Morgan fingerprint density at radius 3 is 2.23 bits per heavy atom. The van der Waals surface area contributed by atoms with Crippen LogP contribution in [0, 0.1) is 12.3 Å². The van der Waals surface area contributed by atoms with Gasteiger partial charge in [0.25, 0.3) is 0 Å². The molecule has 2 aromatic carbocycles. The molecule has 22 heavy (non-hydrogen) atoms. The first-order valence-electron chi connectivity index (χ1n) is 7.22. The normalized spacial score (nSPS) is 12.2. The zero-order valence-corrected chi connectivity index (χ0v) is 12.5. The van der Waals surface area contributed by atoms with Gasteiger partial charge in [-0.1, -0.05) is 54.5 Å². The second kappa shape index (κ2) is 5.95. The SMILES string of the molecule is C#CCN(C)C(=O)OCC1c2ccccc2-c2ccccc21. The zero-order chi connectivity index (χ0) is 15.5. The molecule has 0 heterocycles. The lowest BCUT2D eigenvalue weighted by atomic mass is 9.98. The number of terminal acetylenes is 1. The standard InChI is InChI=1S/C19H17NO2/c1-3-12-20(2)19(21)22-13-18-16-10-6-4-8-14(16)15-9-5-7-11-17(15)18/h1,4-11,18H,12-13H2,2H3. The molecule has 0 aromatic heterocycles. The summed E-state index contributed by atoms with van der Waals surface area (Å²) in [5.41, 5.74) is 4.85. The van der Waals surface area contributed by atoms with E-state index in [1.165, 1.54) is 27.2 Å². The predicted octanol–water partition coefficient (Wildman–Crippen LogP) is 3.50. The average Bonchev–Trinajstić information content (AvgIpc) is 2.87. The largest absolute Gasteiger partial charge is 0.448 e. The molecule has 0 radical (unpaired) electrons. The van der Waals surface area contributed by atoms with Crippen molar-refractivity contribution in [3.63, 3.8) is 0 Å². The van der Waals surface area contributed by atoms with E-state index in [1.54, 1.807) is 7.05 Å². The Morgan fingerprint density at radius 2 is 1.68 bits per heavy atom. The number of carbonyl (C=O) groups is 1. The van der Waals surface area contributed by atoms with E-state index in [0.717, 1.165) is 0 Å². The monoisotopic (exact) mass is 291 g/mol. The molecule has 2 aromatic rings. The van der Waals surface area contributed by atoms with Crippen LogP contribution in [-0.2, 0) is 4.74 Å². The van der Waals surface area contributed by atoms with Crippen molar-refractivity contribution in [3.05, 3.63) is 59.7 Å². The van der Waals surface area contributed by atoms with Gasteiger partial charge in [-0.3, -0.25) is 0 Å². The van der Waals surface area contributed by atoms with Gasteiger partial charge in [-0.25, -0.2) is 4.79 Å². The number of amides is 1. The van der Waals surface area contributed by atoms with Crippen molar-refractivity contribution in [1.82, 2.24) is 4.90 Å². The molecule has 0 atom stereocenters. The van der Waals surface area contributed by atoms with Gasteiger partial charge < -0.3 is 9.64 Å². The number of hydrogen-bond acceptors (Lipinski definition) is 2. The number of fused-ring (bicyclic) bond motifs is 3. The third-order valence-corrected chi connectivity index (χ3v) is 3.98. The predicted molar refractivity (Wildman–Crippen MR) is 86.5 cm³/mol. The molecule has 110 valence electrons. The number of carbonyl (C=O) groups excluding carboxylic acids is 1. The maximum absolute atomic E-state index is 11.9. The molecular weight excluding hydrogens is 274 g/mol. The van der Waals surface area contributed by atoms with Crippen LogP contribution in [0.3, 0.4) is 0 Å². The fourth-order valence-corrected chi connectivity index (χ4v) is 2.91. The number of ether oxygens (including phenoxy) is 1. The molecule has 0 aliphatic heterocycles. The molecule has 0 saturated heterocycles. The topological polar surface area (TPSA) is 29.5 Å². The summed E-state index contributed by atoms with van der Waals surface area (Å²) in [4.78, 5) is 13.3. The van der Waals surface area contributed by atoms with Gasteiger partial charge in [0.05, 0.1) is 6.54 Å². The maximum atomic E-state index is 11.9. The lowest BCUT2D eigenvalue weighted by Crippen LogP contribution is -2.29. The van der Waals surface area contributed by atoms with Gasteiger partial charge >= 0.3 is 6.09 Å². The minimum Gasteiger partial charge on any atom is -0.448 e. The first-order chi connectivity index (χ1) is 10.7. The average molecular weight is 291 g/mol. The maximum Gasteiger partial charge on any atom is 0.410 e. The summed E-state index contributed by atoms with van der Waals surface area (Å²) in [7, 11) is 1.64. The molecule has 3 rings (SSSR count). The minimum absolute atomic E-state index is 0.0792. The highest BCUT2D eigenvalue weighted by Gasteiger charge is 2.29. The van der Waals surface area contributed by atoms with Crippen molar-refractivity contribution in [2.45, 2.75) is 5.92 Å². The fraction of sp³-hybridized carbons (Fsp3) is 0.211. The second-order valence-electron chi connectivity index (χ2n) is 5.36. The summed E-state index contributed by atoms with van der Waals surface area (Å²) >= 11 is 0. The van der Waals surface area contributed by atoms with Gasteiger partial charge in [-0.2, -0.15) is 0 Å². The Bertz CT molecular complexity index is 700. The van der Waals surface area contributed by atoms with Gasteiger partial charge in [0.1, 0.15) is 6.61 Å². The molecule has 3 heteroatoms. The van der Waals surface area contributed by atoms with Crippen LogP contribution >= 0.6 is 0 Å². The Hall–Kier alpha value is -2.73. The van der Waals surface area contributed by atoms with Crippen molar-refractivity contribution >= 4 is 6.09 Å². The van der Waals surface area contributed by atoms with Crippen LogP contribution < -0.4 is 0 Å². The van der Waals surface area contributed by atoms with Crippen LogP contribution in [0.25, 0.3) is 11.1 Å². The molecule has 0 unspecified atom stereocenters. The van der Waals surface area contributed by atoms with Crippen molar-refractivity contribution in [3.8, 4) is 23.5 Å². The quantitative estimate of drug-likeness (QED) is 0.810. The summed E-state index contributed by atoms with van der Waals surface area (Å²) in [6.45, 7) is 0.568. The van der Waals surface area contributed by atoms with E-state index < -0.39 is 0 Å². The van der Waals surface area contributed by atoms with Gasteiger partial charge in [0.2, 0.25) is 0 Å². The Morgan fingerprint density at radius 1 is 1.14 bits per heavy atom. The first kappa shape index (κ1) is 14.2. The van der Waals surface area contributed by atoms with Crippen LogP contribution in [-0.4, -0.2) is 31.2 Å². The molecule has 0 N–H and O–H groups in total. The summed E-state index contributed by atoms with van der Waals surface area (Å²) in [6, 6.07) is 16.5. The Balaban J connectivity index is 1.83. The van der Waals surface area contributed by atoms with Crippen LogP contribution in [0.4, 0.5) is 4.79 Å². The second-order valence-corrected chi connectivity index (χ2v) is 5.36. The molecule has 0 fully saturated rings. The summed E-state index contributed by atoms with van der Waals surface area (Å²) in [6.07, 6.45) is 4.82. The molecular formula is C19H17NO2. The minimum atomic E-state index is -0.389. The van der Waals surface area contributed by atoms with Crippen molar-refractivity contribution in [1.29, 1.82) is 0 Å². The summed E-state index contributed by atoms with van der Waals surface area (Å²) in [5, 5.41) is 0. The van der Waals surface area contributed by atoms with Crippen molar-refractivity contribution in [2.75, 3.05) is 20.2 Å². The highest BCUT2D eigenvalue weighted by Crippen LogP contribution is 2.44. The van der Waals surface area contributed by atoms with Crippen LogP contribution in [0.2, 0.25) is 0 Å². The van der Waals surface area contributed by atoms with Crippen molar-refractivity contribution in [2.24, 2.45) is 0 Å². The zero-order valence-electron chi connectivity index (χ0n) is 12.5. The van der Waals surface area contributed by atoms with Gasteiger partial charge in [0.15, 0.2) is 0 Å². The molecule has 1 amide bonds. The van der Waals surface area contributed by atoms with Crippen LogP contribution in [0.15, 0.2) is 48.5 Å². The van der Waals surface area contributed by atoms with Gasteiger partial charge in [0, 0.05) is 13.0 Å². The summed E-state index contributed by atoms with van der Waals surface area (Å²) in [5.74, 6) is 2.51. The van der Waals surface area contributed by atoms with Crippen LogP contribution in [0.1, 0.15) is 17.0 Å². The summed E-state index contributed by atoms with van der Waals surface area (Å²) < 4.78 is 5.45. The van der Waals surface area contributed by atoms with E-state index in [2.05, 4.69) is 30.2 Å². The number of rotatable bonds is 3. The van der Waals surface area contributed by atoms with Gasteiger partial charge in [-0.05, 0) is 22.3 Å². The van der Waals surface area contributed by atoms with Gasteiger partial charge in [-0.15, -0.1) is 6.42 Å². The molecule has 0 spiro atoms. The van der Waals surface area contributed by atoms with Crippen molar-refractivity contribution < 1.29 is 9.53 Å². The highest BCUT2D eigenvalue weighted by atomic mass is 16.6. The van der Waals surface area contributed by atoms with Crippen LogP contribution in [0.5, 0.6) is 0 Å². The first-order valence-corrected chi connectivity index (χ1v) is 7.22. The van der Waals surface area contributed by atoms with E-state index in [4.69, 9.17) is 11.2 Å². The Labute approximate surface area is 130 Å². The highest BCUT2D eigenvalue weighted by molar-refractivity contribution is 5.79. The molecule has 3 nitrogen and oxygen atoms in total. The number of hydrogen-bond donors (Lipinski definition) is 0. The van der Waals surface area contributed by atoms with E-state index >= 15 is 0 Å². The number of benzene rings is 2. The number of nitrogens with zero attached hydrogens (tertiary/aromatic N) is 1. The Kier molecular flexibility index (Phi) is 3.84. The molecule has 1 aliphatic carbocycles. The van der Waals surface area contributed by atoms with E-state index in [0.29, 0.717) is 6.61 Å². The molecule has 0 bridgehead atoms. The van der Waals surface area contributed by atoms with E-state index in [1.807, 2.05) is 24.3 Å². The third-order valence-electron chi connectivity index (χ3n) is 3.98. The lowest BCUT2D eigenvalue weighted by Gasteiger charge is -2.18. The fourth-order valence-electron chi connectivity index (χ4n) is 2.91. The lowest BCUT2D eigenvalue weighted by molar-refractivity contribution is 0.112. The smallest absolute Gasteiger partial charge is 0.410 e. The molecule has 0 saturated carbocycles. The van der Waals surface area contributed by atoms with E-state index in [9.17, 15) is 4.79 Å². The van der Waals surface area contributed by atoms with E-state index in [-0.39, 0.29) is 18.6 Å². The molecule has 1 aliphatic rings. The third kappa shape index (κ3) is 2.44.